The number of halogens is 1. The Morgan fingerprint density at radius 1 is 1.35 bits per heavy atom. The Kier molecular flexibility index (Phi) is 7.22. The summed E-state index contributed by atoms with van der Waals surface area (Å²) in [6.45, 7) is -0.0533. The zero-order chi connectivity index (χ0) is 19.1. The highest BCUT2D eigenvalue weighted by Crippen LogP contribution is 2.34. The number of hydrogen-bond donors (Lipinski definition) is 2. The van der Waals surface area contributed by atoms with Gasteiger partial charge in [0.2, 0.25) is 6.41 Å². The fraction of sp³-hybridized carbons (Fsp3) is 0.250. The second-order valence-electron chi connectivity index (χ2n) is 5.08. The summed E-state index contributed by atoms with van der Waals surface area (Å²) in [6.07, 6.45) is 0.333. The number of aliphatic hydroxyl groups is 1. The Morgan fingerprint density at radius 3 is 2.62 bits per heavy atom. The van der Waals surface area contributed by atoms with Crippen LogP contribution in [-0.2, 0) is 30.5 Å². The average Bonchev–Trinajstić information content (AvgIpc) is 2.67. The second kappa shape index (κ2) is 9.39. The number of carbonyl (C=O) groups is 4. The molecule has 0 aromatic heterocycles. The number of rotatable bonds is 9. The van der Waals surface area contributed by atoms with Gasteiger partial charge in [0.15, 0.2) is 11.3 Å². The molecule has 0 radical (unpaired) electrons. The summed E-state index contributed by atoms with van der Waals surface area (Å²) in [7, 11) is 0. The molecule has 1 aliphatic rings. The van der Waals surface area contributed by atoms with Crippen molar-refractivity contribution >= 4 is 51.6 Å². The lowest BCUT2D eigenvalue weighted by Crippen LogP contribution is -2.68. The monoisotopic (exact) mass is 442 g/mol. The number of benzene rings is 1. The Morgan fingerprint density at radius 2 is 2.04 bits per heavy atom. The van der Waals surface area contributed by atoms with Crippen LogP contribution in [0.15, 0.2) is 41.8 Å². The number of esters is 1. The van der Waals surface area contributed by atoms with E-state index >= 15 is 0 Å². The van der Waals surface area contributed by atoms with Crippen molar-refractivity contribution in [1.29, 1.82) is 0 Å². The van der Waals surface area contributed by atoms with E-state index in [1.807, 2.05) is 6.07 Å². The van der Waals surface area contributed by atoms with Gasteiger partial charge in [-0.25, -0.2) is 4.79 Å². The summed E-state index contributed by atoms with van der Waals surface area (Å²) in [5.74, 6) is -1.96. The topological polar surface area (TPSA) is 113 Å². The third-order valence-electron chi connectivity index (χ3n) is 3.53. The molecule has 2 atom stereocenters. The summed E-state index contributed by atoms with van der Waals surface area (Å²) < 4.78 is 5.18. The van der Waals surface area contributed by atoms with Crippen LogP contribution in [0.25, 0.3) is 0 Å². The standard InChI is InChI=1S/C16H15BrN2O6S/c17-6-11(22)13(16(24)25-7-10-4-2-1-3-5-10)19-14(23)12(18-8-20)15(19)26-9-21/h1-5,8-9,12,15,22H,6-7H2,(H,18,20)/b13-11+. The summed E-state index contributed by atoms with van der Waals surface area (Å²) in [5, 5.41) is 11.4. The van der Waals surface area contributed by atoms with Gasteiger partial charge in [-0.2, -0.15) is 0 Å². The van der Waals surface area contributed by atoms with Crippen LogP contribution < -0.4 is 5.32 Å². The highest BCUT2D eigenvalue weighted by atomic mass is 79.9. The maximum absolute atomic E-state index is 12.5. The molecule has 1 fully saturated rings. The minimum Gasteiger partial charge on any atom is -0.509 e. The Bertz CT molecular complexity index is 727. The predicted octanol–water partition coefficient (Wildman–Crippen LogP) is 1.10. The number of nitrogens with one attached hydrogen (secondary N) is 1. The summed E-state index contributed by atoms with van der Waals surface area (Å²) in [6, 6.07) is 7.91. The van der Waals surface area contributed by atoms with E-state index in [1.165, 1.54) is 0 Å². The fourth-order valence-electron chi connectivity index (χ4n) is 2.33. The van der Waals surface area contributed by atoms with E-state index in [4.69, 9.17) is 4.74 Å². The summed E-state index contributed by atoms with van der Waals surface area (Å²) in [5.41, 5.74) is 0.848. The number of alkyl halides is 1. The Hall–Kier alpha value is -2.33. The third kappa shape index (κ3) is 4.25. The van der Waals surface area contributed by atoms with Crippen LogP contribution in [0.1, 0.15) is 5.56 Å². The molecule has 1 saturated heterocycles. The number of hydrogen-bond acceptors (Lipinski definition) is 7. The van der Waals surface area contributed by atoms with Crippen molar-refractivity contribution in [3.05, 3.63) is 47.4 Å². The molecule has 0 spiro atoms. The van der Waals surface area contributed by atoms with Crippen molar-refractivity contribution < 1.29 is 29.0 Å². The molecule has 138 valence electrons. The fourth-order valence-corrected chi connectivity index (χ4v) is 3.40. The number of nitrogens with zero attached hydrogens (tertiary/aromatic N) is 1. The molecule has 1 heterocycles. The van der Waals surface area contributed by atoms with Crippen molar-refractivity contribution in [2.75, 3.05) is 5.33 Å². The zero-order valence-electron chi connectivity index (χ0n) is 13.3. The lowest BCUT2D eigenvalue weighted by Gasteiger charge is -2.45. The molecule has 2 unspecified atom stereocenters. The molecular weight excluding hydrogens is 428 g/mol. The van der Waals surface area contributed by atoms with Crippen LogP contribution in [0.2, 0.25) is 0 Å². The van der Waals surface area contributed by atoms with E-state index in [0.717, 1.165) is 10.5 Å². The normalized spacial score (nSPS) is 19.9. The molecule has 2 N–H and O–H groups in total. The maximum atomic E-state index is 12.5. The van der Waals surface area contributed by atoms with Crippen molar-refractivity contribution in [2.24, 2.45) is 0 Å². The smallest absolute Gasteiger partial charge is 0.358 e. The van der Waals surface area contributed by atoms with Gasteiger partial charge in [-0.15, -0.1) is 0 Å². The van der Waals surface area contributed by atoms with E-state index in [-0.39, 0.29) is 17.6 Å². The van der Waals surface area contributed by atoms with Gasteiger partial charge in [-0.1, -0.05) is 58.0 Å². The van der Waals surface area contributed by atoms with Crippen LogP contribution in [0.4, 0.5) is 0 Å². The third-order valence-corrected chi connectivity index (χ3v) is 4.94. The Balaban J connectivity index is 2.21. The van der Waals surface area contributed by atoms with Gasteiger partial charge in [0.25, 0.3) is 5.91 Å². The van der Waals surface area contributed by atoms with Gasteiger partial charge in [0, 0.05) is 0 Å². The molecule has 26 heavy (non-hydrogen) atoms. The lowest BCUT2D eigenvalue weighted by atomic mass is 10.1. The summed E-state index contributed by atoms with van der Waals surface area (Å²) >= 11 is 3.73. The zero-order valence-corrected chi connectivity index (χ0v) is 15.7. The minimum atomic E-state index is -0.970. The number of amides is 2. The first-order valence-electron chi connectivity index (χ1n) is 7.36. The van der Waals surface area contributed by atoms with Gasteiger partial charge >= 0.3 is 5.97 Å². The van der Waals surface area contributed by atoms with Gasteiger partial charge < -0.3 is 15.2 Å². The minimum absolute atomic E-state index is 0.0533. The molecule has 0 aliphatic carbocycles. The van der Waals surface area contributed by atoms with Crippen molar-refractivity contribution in [2.45, 2.75) is 18.0 Å². The number of likely N-dealkylation sites (tertiary alicyclic amines) is 1. The van der Waals surface area contributed by atoms with Crippen LogP contribution in [0.3, 0.4) is 0 Å². The molecular formula is C16H15BrN2O6S. The van der Waals surface area contributed by atoms with Gasteiger partial charge in [0.05, 0.1) is 5.33 Å². The molecule has 10 heteroatoms. The first-order chi connectivity index (χ1) is 12.5. The highest BCUT2D eigenvalue weighted by molar-refractivity contribution is 9.09. The number of thioether (sulfide) groups is 1. The molecule has 0 saturated carbocycles. The summed E-state index contributed by atoms with van der Waals surface area (Å²) in [4.78, 5) is 47.2. The molecule has 1 aliphatic heterocycles. The largest absolute Gasteiger partial charge is 0.509 e. The van der Waals surface area contributed by atoms with Crippen LogP contribution in [0, 0.1) is 0 Å². The second-order valence-corrected chi connectivity index (χ2v) is 6.59. The molecule has 2 rings (SSSR count). The molecule has 8 nitrogen and oxygen atoms in total. The van der Waals surface area contributed by atoms with Gasteiger partial charge in [0.1, 0.15) is 23.8 Å². The van der Waals surface area contributed by atoms with E-state index in [2.05, 4.69) is 21.2 Å². The lowest BCUT2D eigenvalue weighted by molar-refractivity contribution is -0.153. The van der Waals surface area contributed by atoms with Crippen molar-refractivity contribution in [1.82, 2.24) is 10.2 Å². The number of allylic oxidation sites excluding steroid dienone is 1. The maximum Gasteiger partial charge on any atom is 0.358 e. The van der Waals surface area contributed by atoms with Crippen molar-refractivity contribution in [3.8, 4) is 0 Å². The molecule has 1 aromatic carbocycles. The van der Waals surface area contributed by atoms with Crippen LogP contribution in [0.5, 0.6) is 0 Å². The molecule has 2 amide bonds. The predicted molar refractivity (Wildman–Crippen MR) is 97.7 cm³/mol. The van der Waals surface area contributed by atoms with Gasteiger partial charge in [-0.05, 0) is 5.56 Å². The van der Waals surface area contributed by atoms with Crippen LogP contribution >= 0.6 is 27.7 Å². The SMILES string of the molecule is O=CNC1C(=O)N(/C(C(=O)OCc2ccccc2)=C(/O)CBr)C1SC=O. The highest BCUT2D eigenvalue weighted by Gasteiger charge is 2.52. The quantitative estimate of drug-likeness (QED) is 0.147. The molecule has 1 aromatic rings. The van der Waals surface area contributed by atoms with E-state index in [1.54, 1.807) is 24.3 Å². The van der Waals surface area contributed by atoms with Crippen molar-refractivity contribution in [3.63, 3.8) is 0 Å². The number of ether oxygens (including phenoxy) is 1. The number of aliphatic hydroxyl groups excluding tert-OH is 1. The average molecular weight is 443 g/mol. The number of β-lactam (4-membered cyclic amide) rings is 1. The number of carbonyl (C=O) groups excluding carboxylic acids is 4. The van der Waals surface area contributed by atoms with E-state index in [9.17, 15) is 24.3 Å². The molecule has 0 bridgehead atoms. The van der Waals surface area contributed by atoms with E-state index in [0.29, 0.717) is 23.8 Å². The van der Waals surface area contributed by atoms with Crippen LogP contribution in [-0.4, -0.2) is 50.7 Å². The first-order valence-corrected chi connectivity index (χ1v) is 9.42. The Labute approximate surface area is 161 Å². The van der Waals surface area contributed by atoms with E-state index < -0.39 is 29.1 Å². The first kappa shape index (κ1) is 20.0. The van der Waals surface area contributed by atoms with Gasteiger partial charge in [-0.3, -0.25) is 19.3 Å².